The number of nitrogens with one attached hydrogen (secondary N) is 2. The predicted octanol–water partition coefficient (Wildman–Crippen LogP) is 1.79. The zero-order valence-electron chi connectivity index (χ0n) is 15.6. The van der Waals surface area contributed by atoms with E-state index in [1.165, 1.54) is 6.20 Å². The summed E-state index contributed by atoms with van der Waals surface area (Å²) in [6, 6.07) is 5.72. The Morgan fingerprint density at radius 2 is 1.89 bits per heavy atom. The molecule has 0 radical (unpaired) electrons. The number of rotatable bonds is 4. The molecule has 1 aromatic carbocycles. The molecule has 0 spiro atoms. The third-order valence-corrected chi connectivity index (χ3v) is 5.14. The molecule has 8 nitrogen and oxygen atoms in total. The summed E-state index contributed by atoms with van der Waals surface area (Å²) < 4.78 is 0. The van der Waals surface area contributed by atoms with E-state index in [-0.39, 0.29) is 5.75 Å². The minimum atomic E-state index is -0.408. The fourth-order valence-electron chi connectivity index (χ4n) is 3.45. The molecule has 8 heteroatoms. The minimum absolute atomic E-state index is 0.0949. The Balaban J connectivity index is 1.55. The second-order valence-electron chi connectivity index (χ2n) is 6.89. The van der Waals surface area contributed by atoms with Gasteiger partial charge in [-0.15, -0.1) is 0 Å². The number of hydrogen-bond donors (Lipinski definition) is 3. The van der Waals surface area contributed by atoms with Crippen molar-refractivity contribution in [3.05, 3.63) is 53.5 Å². The fourth-order valence-corrected chi connectivity index (χ4v) is 3.45. The van der Waals surface area contributed by atoms with Gasteiger partial charge in [-0.2, -0.15) is 0 Å². The summed E-state index contributed by atoms with van der Waals surface area (Å²) in [4.78, 5) is 28.5. The molecule has 3 aromatic rings. The molecule has 2 aromatic heterocycles. The molecule has 3 N–H and O–H groups in total. The first-order valence-corrected chi connectivity index (χ1v) is 9.26. The van der Waals surface area contributed by atoms with Crippen LogP contribution in [0, 0.1) is 0 Å². The van der Waals surface area contributed by atoms with Crippen LogP contribution in [0.15, 0.2) is 47.8 Å². The number of aromatic nitrogens is 4. The van der Waals surface area contributed by atoms with E-state index in [4.69, 9.17) is 0 Å². The first-order valence-electron chi connectivity index (χ1n) is 9.26. The molecule has 1 aliphatic rings. The average Bonchev–Trinajstić information content (AvgIpc) is 2.74. The number of phenolic OH excluding ortho intramolecular Hbond substituents is 1. The summed E-state index contributed by atoms with van der Waals surface area (Å²) in [5.74, 6) is 0.920. The maximum Gasteiger partial charge on any atom is 0.344 e. The molecule has 0 bridgehead atoms. The van der Waals surface area contributed by atoms with Crippen LogP contribution in [0.1, 0.15) is 12.8 Å². The Hall–Kier alpha value is -3.26. The van der Waals surface area contributed by atoms with E-state index < -0.39 is 5.69 Å². The molecule has 1 aliphatic heterocycles. The van der Waals surface area contributed by atoms with Crippen molar-refractivity contribution in [3.63, 3.8) is 0 Å². The summed E-state index contributed by atoms with van der Waals surface area (Å²) >= 11 is 0. The van der Waals surface area contributed by atoms with Gasteiger partial charge in [0.25, 0.3) is 0 Å². The van der Waals surface area contributed by atoms with Crippen LogP contribution < -0.4 is 15.9 Å². The highest BCUT2D eigenvalue weighted by molar-refractivity contribution is 5.73. The van der Waals surface area contributed by atoms with Gasteiger partial charge in [0.05, 0.1) is 18.1 Å². The number of anilines is 1. The van der Waals surface area contributed by atoms with Crippen molar-refractivity contribution in [2.45, 2.75) is 18.9 Å². The lowest BCUT2D eigenvalue weighted by molar-refractivity contribution is 0.441. The van der Waals surface area contributed by atoms with Crippen molar-refractivity contribution in [2.24, 2.45) is 0 Å². The van der Waals surface area contributed by atoms with Crippen LogP contribution in [0.2, 0.25) is 0 Å². The van der Waals surface area contributed by atoms with Crippen LogP contribution >= 0.6 is 0 Å². The molecule has 0 unspecified atom stereocenters. The van der Waals surface area contributed by atoms with E-state index in [9.17, 15) is 9.90 Å². The number of nitrogens with zero attached hydrogens (tertiary/aromatic N) is 4. The standard InChI is InChI=1S/C20H22N6O2/c1-26(15-4-6-21-7-5-15)19-12-22-17(11-23-19)16-3-2-13(8-18(16)27)14-9-24-20(28)25-10-14/h2-3,8-12,15,21,27H,4-7H2,1H3,(H,24,25,28). The van der Waals surface area contributed by atoms with E-state index >= 15 is 0 Å². The largest absolute Gasteiger partial charge is 0.507 e. The Morgan fingerprint density at radius 1 is 1.07 bits per heavy atom. The van der Waals surface area contributed by atoms with Crippen LogP contribution in [-0.4, -0.2) is 51.2 Å². The molecule has 0 saturated carbocycles. The van der Waals surface area contributed by atoms with Crippen LogP contribution in [-0.2, 0) is 0 Å². The van der Waals surface area contributed by atoms with Crippen molar-refractivity contribution in [2.75, 3.05) is 25.0 Å². The van der Waals surface area contributed by atoms with Gasteiger partial charge in [0.2, 0.25) is 0 Å². The molecular weight excluding hydrogens is 356 g/mol. The van der Waals surface area contributed by atoms with Crippen LogP contribution in [0.4, 0.5) is 5.82 Å². The van der Waals surface area contributed by atoms with Gasteiger partial charge in [-0.05, 0) is 43.6 Å². The maximum atomic E-state index is 11.1. The van der Waals surface area contributed by atoms with E-state index in [0.29, 0.717) is 22.9 Å². The summed E-state index contributed by atoms with van der Waals surface area (Å²) in [5.41, 5.74) is 2.26. The quantitative estimate of drug-likeness (QED) is 0.635. The molecule has 1 fully saturated rings. The highest BCUT2D eigenvalue weighted by Gasteiger charge is 2.19. The Bertz CT molecular complexity index is 991. The van der Waals surface area contributed by atoms with E-state index in [1.54, 1.807) is 30.7 Å². The van der Waals surface area contributed by atoms with E-state index in [2.05, 4.69) is 30.2 Å². The molecule has 28 heavy (non-hydrogen) atoms. The van der Waals surface area contributed by atoms with Crippen LogP contribution in [0.3, 0.4) is 0 Å². The number of phenols is 1. The van der Waals surface area contributed by atoms with E-state index in [0.717, 1.165) is 37.3 Å². The summed E-state index contributed by atoms with van der Waals surface area (Å²) in [5, 5.41) is 13.8. The van der Waals surface area contributed by atoms with Gasteiger partial charge in [0.1, 0.15) is 11.6 Å². The highest BCUT2D eigenvalue weighted by Crippen LogP contribution is 2.32. The Labute approximate surface area is 162 Å². The lowest BCUT2D eigenvalue weighted by Gasteiger charge is -2.32. The zero-order valence-corrected chi connectivity index (χ0v) is 15.6. The first-order chi connectivity index (χ1) is 13.6. The minimum Gasteiger partial charge on any atom is -0.507 e. The monoisotopic (exact) mass is 378 g/mol. The normalized spacial score (nSPS) is 14.8. The summed E-state index contributed by atoms with van der Waals surface area (Å²) in [6.07, 6.45) is 8.64. The lowest BCUT2D eigenvalue weighted by atomic mass is 10.0. The smallest absolute Gasteiger partial charge is 0.344 e. The molecule has 0 amide bonds. The predicted molar refractivity (Wildman–Crippen MR) is 107 cm³/mol. The van der Waals surface area contributed by atoms with Crippen molar-refractivity contribution >= 4 is 5.82 Å². The van der Waals surface area contributed by atoms with Crippen molar-refractivity contribution in [1.82, 2.24) is 25.3 Å². The number of aromatic hydroxyl groups is 1. The third-order valence-electron chi connectivity index (χ3n) is 5.14. The number of piperidine rings is 1. The van der Waals surface area contributed by atoms with Crippen molar-refractivity contribution in [1.29, 1.82) is 0 Å². The van der Waals surface area contributed by atoms with Gasteiger partial charge in [-0.3, -0.25) is 4.98 Å². The average molecular weight is 378 g/mol. The van der Waals surface area contributed by atoms with Crippen LogP contribution in [0.5, 0.6) is 5.75 Å². The maximum absolute atomic E-state index is 11.1. The highest BCUT2D eigenvalue weighted by atomic mass is 16.3. The number of hydrogen-bond acceptors (Lipinski definition) is 7. The fraction of sp³-hybridized carbons (Fsp3) is 0.300. The van der Waals surface area contributed by atoms with E-state index in [1.807, 2.05) is 13.1 Å². The molecule has 0 aliphatic carbocycles. The number of benzene rings is 1. The molecule has 4 rings (SSSR count). The van der Waals surface area contributed by atoms with Gasteiger partial charge >= 0.3 is 5.69 Å². The van der Waals surface area contributed by atoms with Gasteiger partial charge in [-0.25, -0.2) is 14.8 Å². The third kappa shape index (κ3) is 3.72. The molecule has 3 heterocycles. The van der Waals surface area contributed by atoms with Crippen molar-refractivity contribution < 1.29 is 5.11 Å². The lowest BCUT2D eigenvalue weighted by Crippen LogP contribution is -2.41. The topological polar surface area (TPSA) is 107 Å². The van der Waals surface area contributed by atoms with Gasteiger partial charge in [-0.1, -0.05) is 6.07 Å². The number of aromatic amines is 1. The SMILES string of the molecule is CN(c1cnc(-c2ccc(-c3cnc(=O)[nH]c3)cc2O)cn1)C1CCNCC1. The van der Waals surface area contributed by atoms with Crippen LogP contribution in [0.25, 0.3) is 22.4 Å². The van der Waals surface area contributed by atoms with Gasteiger partial charge in [0.15, 0.2) is 0 Å². The summed E-state index contributed by atoms with van der Waals surface area (Å²) in [7, 11) is 2.05. The van der Waals surface area contributed by atoms with Gasteiger partial charge in [0, 0.05) is 36.6 Å². The molecule has 1 saturated heterocycles. The molecule has 0 atom stereocenters. The first kappa shape index (κ1) is 18.1. The number of H-pyrrole nitrogens is 1. The second kappa shape index (κ2) is 7.77. The summed E-state index contributed by atoms with van der Waals surface area (Å²) in [6.45, 7) is 2.04. The molecule has 144 valence electrons. The Kier molecular flexibility index (Phi) is 5.03. The second-order valence-corrected chi connectivity index (χ2v) is 6.89. The zero-order chi connectivity index (χ0) is 19.5. The Morgan fingerprint density at radius 3 is 2.54 bits per heavy atom. The molecular formula is C20H22N6O2. The van der Waals surface area contributed by atoms with Crippen molar-refractivity contribution in [3.8, 4) is 28.1 Å². The van der Waals surface area contributed by atoms with Gasteiger partial charge < -0.3 is 20.3 Å².